The molecule has 0 aromatic heterocycles. The Hall–Kier alpha value is 0.200. The van der Waals surface area contributed by atoms with E-state index in [-0.39, 0.29) is 12.4 Å². The van der Waals surface area contributed by atoms with Crippen LogP contribution < -0.4 is 0 Å². The van der Waals surface area contributed by atoms with Crippen molar-refractivity contribution in [2.75, 3.05) is 26.3 Å². The van der Waals surface area contributed by atoms with Gasteiger partial charge < -0.3 is 4.74 Å². The fourth-order valence-electron chi connectivity index (χ4n) is 1.65. The van der Waals surface area contributed by atoms with Gasteiger partial charge in [-0.15, -0.1) is 12.4 Å². The summed E-state index contributed by atoms with van der Waals surface area (Å²) < 4.78 is 6.33. The van der Waals surface area contributed by atoms with Gasteiger partial charge >= 0.3 is 0 Å². The fourth-order valence-corrected chi connectivity index (χ4v) is 2.38. The maximum atomic E-state index is 6.16. The van der Waals surface area contributed by atoms with Gasteiger partial charge in [0.05, 0.1) is 13.2 Å². The van der Waals surface area contributed by atoms with Crippen molar-refractivity contribution in [2.45, 2.75) is 6.54 Å². The molecule has 1 fully saturated rings. The number of benzene rings is 1. The molecule has 0 unspecified atom stereocenters. The third kappa shape index (κ3) is 3.90. The predicted octanol–water partition coefficient (Wildman–Crippen LogP) is 3.36. The first-order valence-corrected chi connectivity index (χ1v) is 6.17. The Kier molecular flexibility index (Phi) is 6.08. The number of halogens is 3. The highest BCUT2D eigenvalue weighted by atomic mass is 79.9. The summed E-state index contributed by atoms with van der Waals surface area (Å²) in [6.45, 7) is 4.55. The van der Waals surface area contributed by atoms with Gasteiger partial charge in [0, 0.05) is 29.1 Å². The molecule has 0 saturated carbocycles. The first-order valence-electron chi connectivity index (χ1n) is 5.00. The Morgan fingerprint density at radius 2 is 2.00 bits per heavy atom. The van der Waals surface area contributed by atoms with Gasteiger partial charge in [0.25, 0.3) is 0 Å². The van der Waals surface area contributed by atoms with Crippen LogP contribution in [0.3, 0.4) is 0 Å². The van der Waals surface area contributed by atoms with Crippen LogP contribution in [0.2, 0.25) is 5.02 Å². The van der Waals surface area contributed by atoms with E-state index in [0.29, 0.717) is 0 Å². The first kappa shape index (κ1) is 14.3. The average molecular weight is 327 g/mol. The second kappa shape index (κ2) is 6.82. The first-order chi connectivity index (χ1) is 7.25. The Labute approximate surface area is 115 Å². The Balaban J connectivity index is 0.00000128. The lowest BCUT2D eigenvalue weighted by molar-refractivity contribution is 0.0342. The van der Waals surface area contributed by atoms with Crippen molar-refractivity contribution in [3.8, 4) is 0 Å². The van der Waals surface area contributed by atoms with Crippen LogP contribution in [0.25, 0.3) is 0 Å². The van der Waals surface area contributed by atoms with Gasteiger partial charge in [-0.2, -0.15) is 0 Å². The highest BCUT2D eigenvalue weighted by molar-refractivity contribution is 9.10. The molecule has 1 heterocycles. The van der Waals surface area contributed by atoms with Crippen molar-refractivity contribution >= 4 is 39.9 Å². The van der Waals surface area contributed by atoms with E-state index >= 15 is 0 Å². The minimum absolute atomic E-state index is 0. The Morgan fingerprint density at radius 1 is 1.31 bits per heavy atom. The molecular weight excluding hydrogens is 313 g/mol. The van der Waals surface area contributed by atoms with E-state index < -0.39 is 0 Å². The largest absolute Gasteiger partial charge is 0.379 e. The van der Waals surface area contributed by atoms with Crippen molar-refractivity contribution in [2.24, 2.45) is 0 Å². The molecule has 1 aliphatic rings. The van der Waals surface area contributed by atoms with Crippen molar-refractivity contribution in [3.63, 3.8) is 0 Å². The van der Waals surface area contributed by atoms with Gasteiger partial charge in [-0.05, 0) is 17.7 Å². The molecule has 1 aliphatic heterocycles. The average Bonchev–Trinajstić information content (AvgIpc) is 2.24. The van der Waals surface area contributed by atoms with Crippen LogP contribution in [0.1, 0.15) is 5.56 Å². The van der Waals surface area contributed by atoms with Crippen LogP contribution in [-0.2, 0) is 11.3 Å². The minimum atomic E-state index is 0. The van der Waals surface area contributed by atoms with Gasteiger partial charge in [-0.3, -0.25) is 4.90 Å². The van der Waals surface area contributed by atoms with E-state index in [1.807, 2.05) is 12.1 Å². The van der Waals surface area contributed by atoms with Crippen LogP contribution in [0.4, 0.5) is 0 Å². The van der Waals surface area contributed by atoms with Gasteiger partial charge in [-0.25, -0.2) is 0 Å². The molecule has 1 aromatic carbocycles. The molecule has 90 valence electrons. The molecule has 2 nitrogen and oxygen atoms in total. The highest BCUT2D eigenvalue weighted by Gasteiger charge is 2.12. The normalized spacial score (nSPS) is 16.9. The summed E-state index contributed by atoms with van der Waals surface area (Å²) in [6, 6.07) is 6.04. The Morgan fingerprint density at radius 3 is 2.62 bits per heavy atom. The van der Waals surface area contributed by atoms with Gasteiger partial charge in [0.1, 0.15) is 0 Å². The summed E-state index contributed by atoms with van der Waals surface area (Å²) >= 11 is 9.56. The maximum absolute atomic E-state index is 6.16. The second-order valence-corrected chi connectivity index (χ2v) is 4.95. The number of ether oxygens (including phenoxy) is 1. The van der Waals surface area contributed by atoms with E-state index in [9.17, 15) is 0 Å². The summed E-state index contributed by atoms with van der Waals surface area (Å²) in [4.78, 5) is 2.36. The smallest absolute Gasteiger partial charge is 0.0594 e. The van der Waals surface area contributed by atoms with Crippen LogP contribution >= 0.6 is 39.9 Å². The van der Waals surface area contributed by atoms with E-state index in [1.165, 1.54) is 5.56 Å². The lowest BCUT2D eigenvalue weighted by Crippen LogP contribution is -2.35. The van der Waals surface area contributed by atoms with Crippen molar-refractivity contribution < 1.29 is 4.74 Å². The number of hydrogen-bond donors (Lipinski definition) is 0. The van der Waals surface area contributed by atoms with Crippen LogP contribution in [0.5, 0.6) is 0 Å². The van der Waals surface area contributed by atoms with Crippen molar-refractivity contribution in [1.29, 1.82) is 0 Å². The van der Waals surface area contributed by atoms with Crippen LogP contribution in [0.15, 0.2) is 22.7 Å². The summed E-state index contributed by atoms with van der Waals surface area (Å²) in [7, 11) is 0. The summed E-state index contributed by atoms with van der Waals surface area (Å²) in [5.74, 6) is 0. The monoisotopic (exact) mass is 325 g/mol. The van der Waals surface area contributed by atoms with E-state index in [2.05, 4.69) is 26.9 Å². The standard InChI is InChI=1S/C11H13BrClNO.ClH/c12-10-2-1-9(11(13)7-10)8-14-3-5-15-6-4-14;/h1-2,7H,3-6,8H2;1H. The summed E-state index contributed by atoms with van der Waals surface area (Å²) in [5, 5.41) is 0.830. The third-order valence-electron chi connectivity index (χ3n) is 2.51. The zero-order valence-corrected chi connectivity index (χ0v) is 11.9. The zero-order valence-electron chi connectivity index (χ0n) is 8.79. The van der Waals surface area contributed by atoms with E-state index in [1.54, 1.807) is 0 Å². The van der Waals surface area contributed by atoms with Crippen LogP contribution in [0, 0.1) is 0 Å². The molecule has 16 heavy (non-hydrogen) atoms. The molecular formula is C11H14BrCl2NO. The molecule has 0 atom stereocenters. The predicted molar refractivity (Wildman–Crippen MR) is 72.5 cm³/mol. The molecule has 0 bridgehead atoms. The SMILES string of the molecule is Cl.Clc1cc(Br)ccc1CN1CCOCC1. The number of nitrogens with zero attached hydrogens (tertiary/aromatic N) is 1. The molecule has 0 amide bonds. The summed E-state index contributed by atoms with van der Waals surface area (Å²) in [5.41, 5.74) is 1.18. The molecule has 5 heteroatoms. The Bertz CT molecular complexity index is 343. The van der Waals surface area contributed by atoms with Crippen LogP contribution in [-0.4, -0.2) is 31.2 Å². The molecule has 0 radical (unpaired) electrons. The lowest BCUT2D eigenvalue weighted by Gasteiger charge is -2.26. The molecule has 1 saturated heterocycles. The molecule has 0 N–H and O–H groups in total. The molecule has 2 rings (SSSR count). The van der Waals surface area contributed by atoms with E-state index in [0.717, 1.165) is 42.3 Å². The highest BCUT2D eigenvalue weighted by Crippen LogP contribution is 2.22. The zero-order chi connectivity index (χ0) is 10.7. The lowest BCUT2D eigenvalue weighted by atomic mass is 10.2. The molecule has 0 aliphatic carbocycles. The molecule has 0 spiro atoms. The molecule has 1 aromatic rings. The van der Waals surface area contributed by atoms with Crippen molar-refractivity contribution in [1.82, 2.24) is 4.90 Å². The van der Waals surface area contributed by atoms with E-state index in [4.69, 9.17) is 16.3 Å². The number of hydrogen-bond acceptors (Lipinski definition) is 2. The number of rotatable bonds is 2. The summed E-state index contributed by atoms with van der Waals surface area (Å²) in [6.07, 6.45) is 0. The maximum Gasteiger partial charge on any atom is 0.0594 e. The van der Waals surface area contributed by atoms with Gasteiger partial charge in [-0.1, -0.05) is 33.6 Å². The second-order valence-electron chi connectivity index (χ2n) is 3.62. The third-order valence-corrected chi connectivity index (χ3v) is 3.36. The van der Waals surface area contributed by atoms with Gasteiger partial charge in [0.15, 0.2) is 0 Å². The van der Waals surface area contributed by atoms with Crippen molar-refractivity contribution in [3.05, 3.63) is 33.3 Å². The number of morpholine rings is 1. The quantitative estimate of drug-likeness (QED) is 0.826. The fraction of sp³-hybridized carbons (Fsp3) is 0.455. The van der Waals surface area contributed by atoms with Gasteiger partial charge in [0.2, 0.25) is 0 Å². The minimum Gasteiger partial charge on any atom is -0.379 e. The topological polar surface area (TPSA) is 12.5 Å².